The molecule has 11 heteroatoms. The minimum atomic E-state index is -1.68. The molecule has 192 valence electrons. The lowest BCUT2D eigenvalue weighted by atomic mass is 10.0. The number of nitroso groups, excluding NO2 is 1. The van der Waals surface area contributed by atoms with Crippen molar-refractivity contribution in [2.45, 2.75) is 63.8 Å². The number of ether oxygens (including phenoxy) is 2. The second-order valence-corrected chi connectivity index (χ2v) is 7.74. The van der Waals surface area contributed by atoms with Gasteiger partial charge < -0.3 is 40.1 Å². The van der Waals surface area contributed by atoms with E-state index in [0.717, 1.165) is 17.7 Å². The highest BCUT2D eigenvalue weighted by molar-refractivity contribution is 6.01. The van der Waals surface area contributed by atoms with Crippen molar-refractivity contribution >= 4 is 5.78 Å². The maximum Gasteiger partial charge on any atom is 0.229 e. The predicted octanol–water partition coefficient (Wildman–Crippen LogP) is 1.99. The molecule has 0 radical (unpaired) electrons. The van der Waals surface area contributed by atoms with E-state index in [2.05, 4.69) is 5.18 Å². The SMILES string of the molecule is CC.O=N[C@H]1CC(O)[C@@H](O)C(Oc2cc(O)cc(O)c2C(=O)CCc2ccc(O)cc2)OC1CO. The normalized spacial score (nSPS) is 24.0. The number of aryl methyl sites for hydroxylation is 1. The molecule has 0 saturated carbocycles. The molecule has 1 aliphatic rings. The van der Waals surface area contributed by atoms with E-state index in [-0.39, 0.29) is 36.3 Å². The van der Waals surface area contributed by atoms with Crippen molar-refractivity contribution in [2.75, 3.05) is 6.61 Å². The van der Waals surface area contributed by atoms with E-state index in [1.165, 1.54) is 12.1 Å². The number of phenols is 3. The van der Waals surface area contributed by atoms with Crippen molar-refractivity contribution in [3.05, 3.63) is 52.4 Å². The van der Waals surface area contributed by atoms with Crippen LogP contribution in [0, 0.1) is 4.91 Å². The summed E-state index contributed by atoms with van der Waals surface area (Å²) in [6.07, 6.45) is -6.09. The standard InChI is InChI=1S/C22H25NO10.C2H6/c24-10-19-14(23-31)9-17(29)21(30)22(33-19)32-18-8-13(26)7-16(28)20(18)15(27)6-3-11-1-4-12(25)5-2-11;1-2/h1-2,4-5,7-8,14,17,19,21-22,24-26,28-30H,3,6,9-10H2;1-2H3/t14-,17?,19?,21+,22?;/m0./s1. The van der Waals surface area contributed by atoms with Crippen LogP contribution < -0.4 is 4.74 Å². The molecule has 2 aromatic rings. The fourth-order valence-electron chi connectivity index (χ4n) is 3.57. The van der Waals surface area contributed by atoms with E-state index in [9.17, 15) is 40.3 Å². The van der Waals surface area contributed by atoms with Crippen molar-refractivity contribution in [1.82, 2.24) is 0 Å². The summed E-state index contributed by atoms with van der Waals surface area (Å²) in [5, 5.41) is 62.4. The van der Waals surface area contributed by atoms with Gasteiger partial charge in [-0.15, -0.1) is 0 Å². The smallest absolute Gasteiger partial charge is 0.229 e. The summed E-state index contributed by atoms with van der Waals surface area (Å²) >= 11 is 0. The van der Waals surface area contributed by atoms with E-state index in [4.69, 9.17) is 9.47 Å². The Hall–Kier alpha value is -3.25. The minimum absolute atomic E-state index is 0.0629. The van der Waals surface area contributed by atoms with Crippen LogP contribution in [0.5, 0.6) is 23.0 Å². The number of rotatable bonds is 8. The van der Waals surface area contributed by atoms with Crippen LogP contribution in [0.2, 0.25) is 0 Å². The Morgan fingerprint density at radius 3 is 2.34 bits per heavy atom. The third-order valence-electron chi connectivity index (χ3n) is 5.37. The van der Waals surface area contributed by atoms with Crippen LogP contribution in [0.3, 0.4) is 0 Å². The molecule has 0 amide bonds. The van der Waals surface area contributed by atoms with Gasteiger partial charge in [-0.2, -0.15) is 4.91 Å². The summed E-state index contributed by atoms with van der Waals surface area (Å²) in [6.45, 7) is 3.35. The molecule has 3 rings (SSSR count). The molecule has 0 aromatic heterocycles. The van der Waals surface area contributed by atoms with Crippen LogP contribution in [0.15, 0.2) is 41.6 Å². The first-order valence-electron chi connectivity index (χ1n) is 11.2. The first-order valence-corrected chi connectivity index (χ1v) is 11.2. The maximum absolute atomic E-state index is 12.9. The van der Waals surface area contributed by atoms with Gasteiger partial charge in [-0.05, 0) is 24.1 Å². The number of hydrogen-bond acceptors (Lipinski definition) is 11. The van der Waals surface area contributed by atoms with Crippen LogP contribution >= 0.6 is 0 Å². The lowest BCUT2D eigenvalue weighted by Gasteiger charge is -2.27. The average Bonchev–Trinajstić information content (AvgIpc) is 2.95. The zero-order valence-electron chi connectivity index (χ0n) is 19.4. The molecule has 6 N–H and O–H groups in total. The van der Waals surface area contributed by atoms with Gasteiger partial charge in [0.15, 0.2) is 5.78 Å². The molecule has 35 heavy (non-hydrogen) atoms. The van der Waals surface area contributed by atoms with Gasteiger partial charge in [-0.3, -0.25) is 4.79 Å². The molecule has 0 spiro atoms. The van der Waals surface area contributed by atoms with E-state index in [1.54, 1.807) is 12.1 Å². The van der Waals surface area contributed by atoms with Crippen molar-refractivity contribution in [3.8, 4) is 23.0 Å². The Balaban J connectivity index is 0.00000210. The molecule has 1 aliphatic heterocycles. The second kappa shape index (κ2) is 13.0. The average molecular weight is 494 g/mol. The van der Waals surface area contributed by atoms with E-state index in [0.29, 0.717) is 0 Å². The van der Waals surface area contributed by atoms with Gasteiger partial charge in [0, 0.05) is 25.0 Å². The number of aromatic hydroxyl groups is 3. The third-order valence-corrected chi connectivity index (χ3v) is 5.37. The highest BCUT2D eigenvalue weighted by Crippen LogP contribution is 2.36. The van der Waals surface area contributed by atoms with E-state index < -0.39 is 54.5 Å². The molecule has 1 heterocycles. The van der Waals surface area contributed by atoms with Gasteiger partial charge in [-0.1, -0.05) is 31.2 Å². The zero-order valence-corrected chi connectivity index (χ0v) is 19.4. The van der Waals surface area contributed by atoms with Crippen LogP contribution in [0.25, 0.3) is 0 Å². The van der Waals surface area contributed by atoms with Crippen molar-refractivity contribution < 1.29 is 44.9 Å². The number of carbonyl (C=O) groups is 1. The van der Waals surface area contributed by atoms with Crippen LogP contribution in [0.1, 0.15) is 42.6 Å². The number of aliphatic hydroxyl groups excluding tert-OH is 3. The number of ketones is 1. The number of aliphatic hydroxyl groups is 3. The quantitative estimate of drug-likeness (QED) is 0.234. The van der Waals surface area contributed by atoms with Gasteiger partial charge >= 0.3 is 0 Å². The first-order chi connectivity index (χ1) is 16.7. The summed E-state index contributed by atoms with van der Waals surface area (Å²) in [6, 6.07) is 7.05. The highest BCUT2D eigenvalue weighted by atomic mass is 16.7. The maximum atomic E-state index is 12.9. The van der Waals surface area contributed by atoms with E-state index >= 15 is 0 Å². The van der Waals surface area contributed by atoms with Crippen LogP contribution in [0.4, 0.5) is 0 Å². The molecule has 3 unspecified atom stereocenters. The molecule has 2 aromatic carbocycles. The fraction of sp³-hybridized carbons (Fsp3) is 0.458. The Morgan fingerprint density at radius 1 is 1.09 bits per heavy atom. The van der Waals surface area contributed by atoms with Crippen molar-refractivity contribution in [2.24, 2.45) is 5.18 Å². The van der Waals surface area contributed by atoms with Crippen molar-refractivity contribution in [1.29, 1.82) is 0 Å². The Bertz CT molecular complexity index is 981. The molecular weight excluding hydrogens is 462 g/mol. The number of nitrogens with zero attached hydrogens (tertiary/aromatic N) is 1. The molecule has 1 fully saturated rings. The largest absolute Gasteiger partial charge is 0.508 e. The van der Waals surface area contributed by atoms with Gasteiger partial charge in [0.1, 0.15) is 46.8 Å². The highest BCUT2D eigenvalue weighted by Gasteiger charge is 2.41. The third kappa shape index (κ3) is 7.12. The first kappa shape index (κ1) is 28.0. The minimum Gasteiger partial charge on any atom is -0.508 e. The number of Topliss-reactive ketones (excluding diaryl/α,β-unsaturated/α-hetero) is 1. The Morgan fingerprint density at radius 2 is 1.74 bits per heavy atom. The molecule has 1 saturated heterocycles. The van der Waals surface area contributed by atoms with Crippen LogP contribution in [-0.2, 0) is 11.2 Å². The number of hydrogen-bond donors (Lipinski definition) is 6. The number of benzene rings is 2. The molecular formula is C24H31NO10. The van der Waals surface area contributed by atoms with Crippen molar-refractivity contribution in [3.63, 3.8) is 0 Å². The molecule has 11 nitrogen and oxygen atoms in total. The summed E-state index contributed by atoms with van der Waals surface area (Å²) < 4.78 is 11.0. The number of carbonyl (C=O) groups excluding carboxylic acids is 1. The number of phenolic OH excluding ortho intramolecular Hbond substituents is 3. The summed E-state index contributed by atoms with van der Waals surface area (Å²) in [4.78, 5) is 23.9. The molecule has 0 aliphatic carbocycles. The second-order valence-electron chi connectivity index (χ2n) is 7.74. The van der Waals surface area contributed by atoms with Crippen LogP contribution in [-0.4, -0.2) is 73.7 Å². The summed E-state index contributed by atoms with van der Waals surface area (Å²) in [7, 11) is 0. The van der Waals surface area contributed by atoms with Gasteiger partial charge in [-0.25, -0.2) is 0 Å². The van der Waals surface area contributed by atoms with Gasteiger partial charge in [0.2, 0.25) is 6.29 Å². The zero-order chi connectivity index (χ0) is 26.1. The molecule has 5 atom stereocenters. The lowest BCUT2D eigenvalue weighted by molar-refractivity contribution is -0.187. The lowest BCUT2D eigenvalue weighted by Crippen LogP contribution is -2.42. The summed E-state index contributed by atoms with van der Waals surface area (Å²) in [5.74, 6) is -1.81. The summed E-state index contributed by atoms with van der Waals surface area (Å²) in [5.41, 5.74) is 0.470. The topological polar surface area (TPSA) is 186 Å². The Kier molecular flexibility index (Phi) is 10.4. The molecule has 0 bridgehead atoms. The van der Waals surface area contributed by atoms with Gasteiger partial charge in [0.25, 0.3) is 0 Å². The fourth-order valence-corrected chi connectivity index (χ4v) is 3.57. The van der Waals surface area contributed by atoms with E-state index in [1.807, 2.05) is 13.8 Å². The van der Waals surface area contributed by atoms with Gasteiger partial charge in [0.05, 0.1) is 12.7 Å². The Labute approximate surface area is 202 Å². The monoisotopic (exact) mass is 493 g/mol. The predicted molar refractivity (Wildman–Crippen MR) is 124 cm³/mol.